The molecule has 1 amide bonds. The summed E-state index contributed by atoms with van der Waals surface area (Å²) in [7, 11) is 0. The Balaban J connectivity index is 1.58. The zero-order chi connectivity index (χ0) is 22.2. The summed E-state index contributed by atoms with van der Waals surface area (Å²) in [6.07, 6.45) is 2.12. The predicted molar refractivity (Wildman–Crippen MR) is 124 cm³/mol. The van der Waals surface area contributed by atoms with Gasteiger partial charge in [0.2, 0.25) is 5.91 Å². The molecule has 3 N–H and O–H groups in total. The highest BCUT2D eigenvalue weighted by atomic mass is 79.9. The van der Waals surface area contributed by atoms with Crippen molar-refractivity contribution in [2.75, 3.05) is 0 Å². The van der Waals surface area contributed by atoms with Crippen LogP contribution in [-0.4, -0.2) is 22.3 Å². The molecule has 1 atom stereocenters. The topological polar surface area (TPSA) is 81.9 Å². The fourth-order valence-electron chi connectivity index (χ4n) is 4.20. The van der Waals surface area contributed by atoms with Gasteiger partial charge in [-0.3, -0.25) is 4.79 Å². The van der Waals surface area contributed by atoms with Gasteiger partial charge in [-0.15, -0.1) is 0 Å². The van der Waals surface area contributed by atoms with E-state index in [0.717, 1.165) is 11.1 Å². The monoisotopic (exact) mass is 478 g/mol. The van der Waals surface area contributed by atoms with E-state index in [2.05, 4.69) is 50.7 Å². The molecule has 0 saturated heterocycles. The minimum Gasteiger partial charge on any atom is -0.507 e. The van der Waals surface area contributed by atoms with Crippen LogP contribution in [0.3, 0.4) is 0 Å². The molecule has 0 radical (unpaired) electrons. The first kappa shape index (κ1) is 21.1. The fourth-order valence-corrected chi connectivity index (χ4v) is 4.71. The first-order valence-electron chi connectivity index (χ1n) is 10.0. The Morgan fingerprint density at radius 2 is 1.55 bits per heavy atom. The molecule has 158 valence electrons. The molecule has 0 spiro atoms. The van der Waals surface area contributed by atoms with Crippen LogP contribution in [0.1, 0.15) is 34.2 Å². The summed E-state index contributed by atoms with van der Waals surface area (Å²) in [5.74, 6) is -0.483. The summed E-state index contributed by atoms with van der Waals surface area (Å²) in [5, 5.41) is 24.5. The van der Waals surface area contributed by atoms with E-state index in [4.69, 9.17) is 0 Å². The summed E-state index contributed by atoms with van der Waals surface area (Å²) in [4.78, 5) is 13.0. The maximum Gasteiger partial charge on any atom is 0.244 e. The Hall–Kier alpha value is -3.12. The highest BCUT2D eigenvalue weighted by Gasteiger charge is 2.60. The van der Waals surface area contributed by atoms with E-state index in [1.807, 2.05) is 36.4 Å². The number of nitrogens with one attached hydrogen (secondary N) is 1. The minimum absolute atomic E-state index is 0.00956. The Morgan fingerprint density at radius 1 is 1.00 bits per heavy atom. The third-order valence-corrected chi connectivity index (χ3v) is 7.10. The molecule has 1 fully saturated rings. The highest BCUT2D eigenvalue weighted by molar-refractivity contribution is 9.10. The Labute approximate surface area is 189 Å². The Morgan fingerprint density at radius 3 is 2.10 bits per heavy atom. The third kappa shape index (κ3) is 3.61. The first-order chi connectivity index (χ1) is 14.9. The van der Waals surface area contributed by atoms with E-state index < -0.39 is 0 Å². The number of rotatable bonds is 5. The van der Waals surface area contributed by atoms with E-state index in [1.165, 1.54) is 6.21 Å². The number of halogens is 1. The van der Waals surface area contributed by atoms with Crippen molar-refractivity contribution in [1.29, 1.82) is 0 Å². The van der Waals surface area contributed by atoms with Gasteiger partial charge >= 0.3 is 0 Å². The lowest BCUT2D eigenvalue weighted by molar-refractivity contribution is -0.122. The molecule has 3 aromatic rings. The van der Waals surface area contributed by atoms with Crippen molar-refractivity contribution in [2.45, 2.75) is 25.7 Å². The van der Waals surface area contributed by atoms with Gasteiger partial charge in [-0.25, -0.2) is 5.43 Å². The lowest BCUT2D eigenvalue weighted by Crippen LogP contribution is -2.25. The van der Waals surface area contributed by atoms with Crippen LogP contribution < -0.4 is 5.43 Å². The summed E-state index contributed by atoms with van der Waals surface area (Å²) in [6.45, 7) is 3.37. The van der Waals surface area contributed by atoms with Crippen LogP contribution in [0.2, 0.25) is 0 Å². The summed E-state index contributed by atoms with van der Waals surface area (Å²) in [5.41, 5.74) is 5.91. The van der Waals surface area contributed by atoms with Gasteiger partial charge in [-0.2, -0.15) is 5.10 Å². The van der Waals surface area contributed by atoms with Crippen LogP contribution in [0.15, 0.2) is 70.2 Å². The van der Waals surface area contributed by atoms with Gasteiger partial charge in [0.25, 0.3) is 0 Å². The number of benzene rings is 3. The van der Waals surface area contributed by atoms with Gasteiger partial charge in [0.1, 0.15) is 11.5 Å². The molecule has 0 bridgehead atoms. The van der Waals surface area contributed by atoms with Gasteiger partial charge in [0, 0.05) is 16.5 Å². The molecular weight excluding hydrogens is 456 g/mol. The summed E-state index contributed by atoms with van der Waals surface area (Å²) < 4.78 is 0.491. The fraction of sp³-hybridized carbons (Fsp3) is 0.200. The normalized spacial score (nSPS) is 16.9. The molecule has 0 heterocycles. The average molecular weight is 479 g/mol. The average Bonchev–Trinajstić information content (AvgIpc) is 3.57. The second kappa shape index (κ2) is 8.19. The number of hydrogen-bond acceptors (Lipinski definition) is 4. The molecule has 0 aromatic heterocycles. The number of phenols is 2. The van der Waals surface area contributed by atoms with Crippen LogP contribution >= 0.6 is 15.9 Å². The SMILES string of the molecule is Cc1c(O)c(Br)c(C)c(/C=N/NC(=O)C2CC2(c2ccccc2)c2ccccc2)c1O. The maximum atomic E-state index is 13.0. The molecule has 31 heavy (non-hydrogen) atoms. The zero-order valence-electron chi connectivity index (χ0n) is 17.3. The second-order valence-corrected chi connectivity index (χ2v) is 8.66. The van der Waals surface area contributed by atoms with Gasteiger partial charge in [-0.05, 0) is 52.9 Å². The lowest BCUT2D eigenvalue weighted by Gasteiger charge is -2.18. The largest absolute Gasteiger partial charge is 0.507 e. The van der Waals surface area contributed by atoms with Crippen LogP contribution in [0.5, 0.6) is 11.5 Å². The van der Waals surface area contributed by atoms with Crippen molar-refractivity contribution in [3.63, 3.8) is 0 Å². The van der Waals surface area contributed by atoms with Crippen LogP contribution in [0, 0.1) is 19.8 Å². The maximum absolute atomic E-state index is 13.0. The molecule has 4 rings (SSSR count). The number of carbonyl (C=O) groups excluding carboxylic acids is 1. The van der Waals surface area contributed by atoms with E-state index in [9.17, 15) is 15.0 Å². The highest BCUT2D eigenvalue weighted by Crippen LogP contribution is 2.58. The Kier molecular flexibility index (Phi) is 5.58. The molecule has 5 nitrogen and oxygen atoms in total. The second-order valence-electron chi connectivity index (χ2n) is 7.87. The van der Waals surface area contributed by atoms with E-state index in [-0.39, 0.29) is 28.7 Å². The summed E-state index contributed by atoms with van der Waals surface area (Å²) >= 11 is 3.33. The molecule has 1 aliphatic rings. The number of phenolic OH excluding ortho intramolecular Hbond substituents is 2. The van der Waals surface area contributed by atoms with Crippen molar-refractivity contribution in [3.8, 4) is 11.5 Å². The quantitative estimate of drug-likeness (QED) is 0.359. The standard InChI is InChI=1S/C25H23BrN2O3/c1-15-19(22(29)16(2)23(30)21(15)26)14-27-28-24(31)20-13-25(20,17-9-5-3-6-10-17)18-11-7-4-8-12-18/h3-12,14,20,29-30H,13H2,1-2H3,(H,28,31)/b27-14+. The Bertz CT molecular complexity index is 1090. The molecular formula is C25H23BrN2O3. The van der Waals surface area contributed by atoms with Gasteiger partial charge < -0.3 is 10.2 Å². The zero-order valence-corrected chi connectivity index (χ0v) is 18.8. The van der Waals surface area contributed by atoms with Gasteiger partial charge in [0.15, 0.2) is 0 Å². The van der Waals surface area contributed by atoms with Crippen LogP contribution in [0.4, 0.5) is 0 Å². The van der Waals surface area contributed by atoms with Crippen molar-refractivity contribution in [3.05, 3.63) is 93.0 Å². The first-order valence-corrected chi connectivity index (χ1v) is 10.8. The van der Waals surface area contributed by atoms with Crippen LogP contribution in [-0.2, 0) is 10.2 Å². The van der Waals surface area contributed by atoms with Gasteiger partial charge in [-0.1, -0.05) is 60.7 Å². The van der Waals surface area contributed by atoms with Crippen molar-refractivity contribution in [1.82, 2.24) is 5.43 Å². The number of hydrogen-bond donors (Lipinski definition) is 3. The molecule has 6 heteroatoms. The number of aromatic hydroxyl groups is 2. The lowest BCUT2D eigenvalue weighted by atomic mass is 9.85. The van der Waals surface area contributed by atoms with E-state index in [1.54, 1.807) is 13.8 Å². The number of hydrazone groups is 1. The smallest absolute Gasteiger partial charge is 0.244 e. The molecule has 0 aliphatic heterocycles. The third-order valence-electron chi connectivity index (χ3n) is 6.13. The van der Waals surface area contributed by atoms with E-state index >= 15 is 0 Å². The molecule has 1 saturated carbocycles. The molecule has 1 unspecified atom stereocenters. The predicted octanol–water partition coefficient (Wildman–Crippen LogP) is 4.93. The van der Waals surface area contributed by atoms with Crippen molar-refractivity contribution in [2.24, 2.45) is 11.0 Å². The number of nitrogens with zero attached hydrogens (tertiary/aromatic N) is 1. The minimum atomic E-state index is -0.363. The molecule has 3 aromatic carbocycles. The van der Waals surface area contributed by atoms with Crippen molar-refractivity contribution < 1.29 is 15.0 Å². The molecule has 1 aliphatic carbocycles. The number of amides is 1. The van der Waals surface area contributed by atoms with Crippen LogP contribution in [0.25, 0.3) is 0 Å². The number of carbonyl (C=O) groups is 1. The summed E-state index contributed by atoms with van der Waals surface area (Å²) in [6, 6.07) is 20.1. The van der Waals surface area contributed by atoms with Crippen molar-refractivity contribution >= 4 is 28.1 Å². The van der Waals surface area contributed by atoms with Gasteiger partial charge in [0.05, 0.1) is 16.6 Å². The van der Waals surface area contributed by atoms with E-state index in [0.29, 0.717) is 27.6 Å².